The molecule has 0 aromatic heterocycles. The van der Waals surface area contributed by atoms with Crippen molar-refractivity contribution in [1.82, 2.24) is 4.90 Å². The third-order valence-electron chi connectivity index (χ3n) is 3.60. The van der Waals surface area contributed by atoms with Crippen molar-refractivity contribution in [1.29, 1.82) is 0 Å². The summed E-state index contributed by atoms with van der Waals surface area (Å²) in [5.41, 5.74) is 6.43. The predicted octanol–water partition coefficient (Wildman–Crippen LogP) is 1.66. The number of thiocarbonyl (C=S) groups is 1. The molecule has 19 heavy (non-hydrogen) atoms. The summed E-state index contributed by atoms with van der Waals surface area (Å²) in [7, 11) is 0. The van der Waals surface area contributed by atoms with Gasteiger partial charge < -0.3 is 10.8 Å². The topological polar surface area (TPSA) is 49.5 Å². The Balaban J connectivity index is 2.10. The second kappa shape index (κ2) is 6.41. The first-order chi connectivity index (χ1) is 9.11. The van der Waals surface area contributed by atoms with Gasteiger partial charge in [-0.1, -0.05) is 24.4 Å². The highest BCUT2D eigenvalue weighted by Gasteiger charge is 2.20. The van der Waals surface area contributed by atoms with Crippen molar-refractivity contribution in [3.63, 3.8) is 0 Å². The Hall–Kier alpha value is -1.04. The predicted molar refractivity (Wildman–Crippen MR) is 77.4 cm³/mol. The summed E-state index contributed by atoms with van der Waals surface area (Å²) in [6.45, 7) is 2.49. The standard InChI is InChI=1S/C14H19FN2OS/c15-13-11(4-1-5-12(13)14(16)19)8-17-6-2-3-10(7-17)9-18/h1,4-5,10,18H,2-3,6-9H2,(H2,16,19). The van der Waals surface area contributed by atoms with Gasteiger partial charge in [0, 0.05) is 30.8 Å². The van der Waals surface area contributed by atoms with E-state index in [0.29, 0.717) is 23.6 Å². The van der Waals surface area contributed by atoms with Crippen LogP contribution in [0.15, 0.2) is 18.2 Å². The minimum absolute atomic E-state index is 0.0891. The Bertz CT molecular complexity index is 467. The number of benzene rings is 1. The minimum atomic E-state index is -0.318. The van der Waals surface area contributed by atoms with E-state index in [1.165, 1.54) is 0 Å². The van der Waals surface area contributed by atoms with Gasteiger partial charge in [-0.2, -0.15) is 0 Å². The van der Waals surface area contributed by atoms with E-state index in [-0.39, 0.29) is 17.4 Å². The zero-order valence-corrected chi connectivity index (χ0v) is 11.6. The van der Waals surface area contributed by atoms with E-state index in [1.54, 1.807) is 18.2 Å². The number of nitrogens with two attached hydrogens (primary N) is 1. The largest absolute Gasteiger partial charge is 0.396 e. The average Bonchev–Trinajstić information content (AvgIpc) is 2.41. The Morgan fingerprint density at radius 2 is 2.32 bits per heavy atom. The Morgan fingerprint density at radius 3 is 3.00 bits per heavy atom. The molecule has 1 aliphatic heterocycles. The molecular weight excluding hydrogens is 263 g/mol. The van der Waals surface area contributed by atoms with Crippen LogP contribution in [0.4, 0.5) is 4.39 Å². The molecule has 1 fully saturated rings. The molecule has 3 nitrogen and oxygen atoms in total. The van der Waals surface area contributed by atoms with E-state index in [4.69, 9.17) is 18.0 Å². The van der Waals surface area contributed by atoms with Crippen LogP contribution >= 0.6 is 12.2 Å². The Kier molecular flexibility index (Phi) is 4.85. The summed E-state index contributed by atoms with van der Waals surface area (Å²) in [6, 6.07) is 5.15. The second-order valence-electron chi connectivity index (χ2n) is 5.07. The first kappa shape index (κ1) is 14.4. The van der Waals surface area contributed by atoms with Crippen LogP contribution < -0.4 is 5.73 Å². The van der Waals surface area contributed by atoms with Crippen molar-refractivity contribution in [3.05, 3.63) is 35.1 Å². The van der Waals surface area contributed by atoms with E-state index < -0.39 is 0 Å². The van der Waals surface area contributed by atoms with E-state index in [1.807, 2.05) is 0 Å². The van der Waals surface area contributed by atoms with Crippen LogP contribution in [0.2, 0.25) is 0 Å². The molecule has 104 valence electrons. The molecule has 3 N–H and O–H groups in total. The molecule has 1 unspecified atom stereocenters. The SMILES string of the molecule is NC(=S)c1cccc(CN2CCCC(CO)C2)c1F. The lowest BCUT2D eigenvalue weighted by Gasteiger charge is -2.31. The van der Waals surface area contributed by atoms with Crippen LogP contribution in [0.3, 0.4) is 0 Å². The van der Waals surface area contributed by atoms with Crippen LogP contribution in [0.5, 0.6) is 0 Å². The molecule has 0 bridgehead atoms. The van der Waals surface area contributed by atoms with Crippen LogP contribution in [-0.4, -0.2) is 34.7 Å². The quantitative estimate of drug-likeness (QED) is 0.825. The first-order valence-corrected chi connectivity index (χ1v) is 6.93. The number of aliphatic hydroxyl groups is 1. The summed E-state index contributed by atoms with van der Waals surface area (Å²) in [6.07, 6.45) is 2.09. The molecule has 0 saturated carbocycles. The summed E-state index contributed by atoms with van der Waals surface area (Å²) in [5.74, 6) is -0.0169. The molecule has 1 aromatic rings. The van der Waals surface area contributed by atoms with Gasteiger partial charge >= 0.3 is 0 Å². The molecule has 0 aliphatic carbocycles. The molecule has 1 atom stereocenters. The van der Waals surface area contributed by atoms with Gasteiger partial charge in [-0.25, -0.2) is 4.39 Å². The second-order valence-corrected chi connectivity index (χ2v) is 5.51. The minimum Gasteiger partial charge on any atom is -0.396 e. The van der Waals surface area contributed by atoms with Gasteiger partial charge in [-0.15, -0.1) is 0 Å². The van der Waals surface area contributed by atoms with Gasteiger partial charge in [0.2, 0.25) is 0 Å². The molecule has 0 spiro atoms. The number of hydrogen-bond acceptors (Lipinski definition) is 3. The van der Waals surface area contributed by atoms with Crippen molar-refractivity contribution < 1.29 is 9.50 Å². The van der Waals surface area contributed by atoms with Crippen molar-refractivity contribution in [2.24, 2.45) is 11.7 Å². The number of rotatable bonds is 4. The van der Waals surface area contributed by atoms with E-state index in [0.717, 1.165) is 25.9 Å². The first-order valence-electron chi connectivity index (χ1n) is 6.52. The molecule has 5 heteroatoms. The van der Waals surface area contributed by atoms with Crippen molar-refractivity contribution in [2.75, 3.05) is 19.7 Å². The number of aliphatic hydroxyl groups excluding tert-OH is 1. The molecular formula is C14H19FN2OS. The fraction of sp³-hybridized carbons (Fsp3) is 0.500. The fourth-order valence-corrected chi connectivity index (χ4v) is 2.73. The number of hydrogen-bond donors (Lipinski definition) is 2. The summed E-state index contributed by atoms with van der Waals surface area (Å²) in [5, 5.41) is 9.21. The third kappa shape index (κ3) is 3.49. The zero-order chi connectivity index (χ0) is 13.8. The molecule has 1 aromatic carbocycles. The van der Waals surface area contributed by atoms with Crippen LogP contribution in [0, 0.1) is 11.7 Å². The molecule has 0 radical (unpaired) electrons. The third-order valence-corrected chi connectivity index (χ3v) is 3.82. The summed E-state index contributed by atoms with van der Waals surface area (Å²) >= 11 is 4.84. The van der Waals surface area contributed by atoms with Gasteiger partial charge in [0.1, 0.15) is 10.8 Å². The monoisotopic (exact) mass is 282 g/mol. The van der Waals surface area contributed by atoms with Gasteiger partial charge in [0.05, 0.1) is 0 Å². The van der Waals surface area contributed by atoms with E-state index in [9.17, 15) is 9.50 Å². The van der Waals surface area contributed by atoms with Gasteiger partial charge in [-0.05, 0) is 31.4 Å². The lowest BCUT2D eigenvalue weighted by atomic mass is 9.98. The number of nitrogens with zero attached hydrogens (tertiary/aromatic N) is 1. The van der Waals surface area contributed by atoms with Crippen molar-refractivity contribution in [2.45, 2.75) is 19.4 Å². The smallest absolute Gasteiger partial charge is 0.137 e. The number of halogens is 1. The van der Waals surface area contributed by atoms with Crippen molar-refractivity contribution in [3.8, 4) is 0 Å². The van der Waals surface area contributed by atoms with Crippen molar-refractivity contribution >= 4 is 17.2 Å². The van der Waals surface area contributed by atoms with Crippen LogP contribution in [0.25, 0.3) is 0 Å². The van der Waals surface area contributed by atoms with Crippen LogP contribution in [-0.2, 0) is 6.54 Å². The van der Waals surface area contributed by atoms with E-state index >= 15 is 0 Å². The highest BCUT2D eigenvalue weighted by Crippen LogP contribution is 2.20. The molecule has 1 aliphatic rings. The molecule has 1 saturated heterocycles. The lowest BCUT2D eigenvalue weighted by Crippen LogP contribution is -2.36. The van der Waals surface area contributed by atoms with E-state index in [2.05, 4.69) is 4.90 Å². The zero-order valence-electron chi connectivity index (χ0n) is 10.8. The van der Waals surface area contributed by atoms with Crippen LogP contribution in [0.1, 0.15) is 24.0 Å². The molecule has 1 heterocycles. The van der Waals surface area contributed by atoms with Gasteiger partial charge in [0.15, 0.2) is 0 Å². The number of likely N-dealkylation sites (tertiary alicyclic amines) is 1. The normalized spacial score (nSPS) is 20.4. The maximum atomic E-state index is 14.2. The Labute approximate surface area is 118 Å². The summed E-state index contributed by atoms with van der Waals surface area (Å²) < 4.78 is 14.2. The lowest BCUT2D eigenvalue weighted by molar-refractivity contribution is 0.115. The molecule has 0 amide bonds. The maximum Gasteiger partial charge on any atom is 0.137 e. The molecule has 2 rings (SSSR count). The highest BCUT2D eigenvalue weighted by atomic mass is 32.1. The highest BCUT2D eigenvalue weighted by molar-refractivity contribution is 7.80. The fourth-order valence-electron chi connectivity index (χ4n) is 2.58. The number of piperidine rings is 1. The maximum absolute atomic E-state index is 14.2. The Morgan fingerprint density at radius 1 is 1.53 bits per heavy atom. The van der Waals surface area contributed by atoms with Gasteiger partial charge in [-0.3, -0.25) is 4.90 Å². The average molecular weight is 282 g/mol. The van der Waals surface area contributed by atoms with Gasteiger partial charge in [0.25, 0.3) is 0 Å². The summed E-state index contributed by atoms with van der Waals surface area (Å²) in [4.78, 5) is 2.26.